The standard InChI is InChI=1S/C23H20N2O6/c1-28-15-5-2-13(3-6-15)24-21(26)19-17-8-9-23(31-17)11-25(22(27)20(19)23)14-4-7-16-18(10-14)30-12-29-16/h2-10,17,19-20H,11-12H2,1H3,(H,24,26)/t17-,19+,20-,23-/m1/s1. The molecule has 1 spiro atoms. The highest BCUT2D eigenvalue weighted by Gasteiger charge is 2.67. The zero-order valence-corrected chi connectivity index (χ0v) is 16.7. The first-order valence-electron chi connectivity index (χ1n) is 10.1. The summed E-state index contributed by atoms with van der Waals surface area (Å²) in [6, 6.07) is 12.5. The highest BCUT2D eigenvalue weighted by molar-refractivity contribution is 6.05. The van der Waals surface area contributed by atoms with E-state index in [1.165, 1.54) is 0 Å². The third kappa shape index (κ3) is 2.64. The summed E-state index contributed by atoms with van der Waals surface area (Å²) in [4.78, 5) is 28.3. The molecule has 4 atom stereocenters. The summed E-state index contributed by atoms with van der Waals surface area (Å²) in [5.41, 5.74) is 0.553. The number of benzene rings is 2. The Morgan fingerprint density at radius 3 is 2.77 bits per heavy atom. The first-order chi connectivity index (χ1) is 15.1. The summed E-state index contributed by atoms with van der Waals surface area (Å²) in [7, 11) is 1.59. The zero-order valence-electron chi connectivity index (χ0n) is 16.7. The summed E-state index contributed by atoms with van der Waals surface area (Å²) in [5, 5.41) is 2.92. The number of rotatable bonds is 4. The molecule has 0 aliphatic carbocycles. The molecule has 6 rings (SSSR count). The molecule has 2 aromatic rings. The second-order valence-corrected chi connectivity index (χ2v) is 8.08. The van der Waals surface area contributed by atoms with Gasteiger partial charge in [0.25, 0.3) is 0 Å². The van der Waals surface area contributed by atoms with Gasteiger partial charge in [-0.15, -0.1) is 0 Å². The van der Waals surface area contributed by atoms with Crippen molar-refractivity contribution in [2.24, 2.45) is 11.8 Å². The van der Waals surface area contributed by atoms with Crippen molar-refractivity contribution in [1.82, 2.24) is 0 Å². The van der Waals surface area contributed by atoms with E-state index >= 15 is 0 Å². The van der Waals surface area contributed by atoms with Gasteiger partial charge in [-0.25, -0.2) is 0 Å². The Balaban J connectivity index is 1.27. The van der Waals surface area contributed by atoms with E-state index in [0.29, 0.717) is 35.2 Å². The highest BCUT2D eigenvalue weighted by Crippen LogP contribution is 2.53. The second kappa shape index (κ2) is 6.49. The topological polar surface area (TPSA) is 86.3 Å². The lowest BCUT2D eigenvalue weighted by atomic mass is 9.77. The van der Waals surface area contributed by atoms with Crippen molar-refractivity contribution >= 4 is 23.2 Å². The third-order valence-electron chi connectivity index (χ3n) is 6.43. The minimum atomic E-state index is -0.792. The van der Waals surface area contributed by atoms with Gasteiger partial charge >= 0.3 is 0 Å². The molecule has 0 unspecified atom stereocenters. The number of carbonyl (C=O) groups is 2. The van der Waals surface area contributed by atoms with Crippen molar-refractivity contribution in [2.75, 3.05) is 30.7 Å². The average Bonchev–Trinajstić information content (AvgIpc) is 3.54. The Hall–Kier alpha value is -3.52. The number of ether oxygens (including phenoxy) is 4. The number of anilines is 2. The van der Waals surface area contributed by atoms with E-state index < -0.39 is 23.5 Å². The summed E-state index contributed by atoms with van der Waals surface area (Å²) < 4.78 is 22.2. The SMILES string of the molecule is COc1ccc(NC(=O)[C@H]2[C@H]3C=C[C@]4(CN(c5ccc6c(c5)OCO6)C(=O)[C@@H]24)O3)cc1. The van der Waals surface area contributed by atoms with Gasteiger partial charge < -0.3 is 29.2 Å². The summed E-state index contributed by atoms with van der Waals surface area (Å²) in [6.45, 7) is 0.524. The minimum absolute atomic E-state index is 0.124. The first-order valence-corrected chi connectivity index (χ1v) is 10.1. The molecule has 2 aromatic carbocycles. The van der Waals surface area contributed by atoms with Crippen LogP contribution in [0.4, 0.5) is 11.4 Å². The quantitative estimate of drug-likeness (QED) is 0.765. The molecule has 8 heteroatoms. The van der Waals surface area contributed by atoms with Crippen LogP contribution in [0.3, 0.4) is 0 Å². The van der Waals surface area contributed by atoms with Crippen molar-refractivity contribution < 1.29 is 28.5 Å². The van der Waals surface area contributed by atoms with Crippen LogP contribution in [0.1, 0.15) is 0 Å². The van der Waals surface area contributed by atoms with Gasteiger partial charge in [-0.3, -0.25) is 9.59 Å². The number of nitrogens with one attached hydrogen (secondary N) is 1. The maximum atomic E-state index is 13.5. The van der Waals surface area contributed by atoms with Crippen LogP contribution in [0.15, 0.2) is 54.6 Å². The molecule has 2 amide bonds. The molecule has 0 aromatic heterocycles. The van der Waals surface area contributed by atoms with Gasteiger partial charge in [0.2, 0.25) is 18.6 Å². The summed E-state index contributed by atoms with van der Waals surface area (Å²) >= 11 is 0. The maximum absolute atomic E-state index is 13.5. The number of hydrogen-bond acceptors (Lipinski definition) is 6. The molecule has 1 N–H and O–H groups in total. The molecule has 4 heterocycles. The van der Waals surface area contributed by atoms with E-state index in [9.17, 15) is 9.59 Å². The summed E-state index contributed by atoms with van der Waals surface area (Å²) in [5.74, 6) is 0.433. The van der Waals surface area contributed by atoms with Crippen LogP contribution in [0, 0.1) is 11.8 Å². The molecule has 31 heavy (non-hydrogen) atoms. The smallest absolute Gasteiger partial charge is 0.234 e. The van der Waals surface area contributed by atoms with Crippen molar-refractivity contribution in [3.8, 4) is 17.2 Å². The molecule has 2 saturated heterocycles. The minimum Gasteiger partial charge on any atom is -0.497 e. The number of amides is 2. The van der Waals surface area contributed by atoms with Crippen LogP contribution in [-0.4, -0.2) is 44.0 Å². The highest BCUT2D eigenvalue weighted by atomic mass is 16.7. The molecule has 2 bridgehead atoms. The van der Waals surface area contributed by atoms with Crippen LogP contribution >= 0.6 is 0 Å². The molecule has 8 nitrogen and oxygen atoms in total. The Morgan fingerprint density at radius 2 is 1.97 bits per heavy atom. The normalized spacial score (nSPS) is 29.4. The van der Waals surface area contributed by atoms with Gasteiger partial charge in [0, 0.05) is 17.4 Å². The fourth-order valence-electron chi connectivity index (χ4n) is 4.97. The molecule has 0 saturated carbocycles. The fourth-order valence-corrected chi connectivity index (χ4v) is 4.97. The first kappa shape index (κ1) is 18.3. The Morgan fingerprint density at radius 1 is 1.16 bits per heavy atom. The maximum Gasteiger partial charge on any atom is 0.234 e. The van der Waals surface area contributed by atoms with Crippen LogP contribution in [0.5, 0.6) is 17.2 Å². The molecular weight excluding hydrogens is 400 g/mol. The lowest BCUT2D eigenvalue weighted by Gasteiger charge is -2.23. The molecule has 158 valence electrons. The van der Waals surface area contributed by atoms with Crippen LogP contribution in [0.25, 0.3) is 0 Å². The number of hydrogen-bond donors (Lipinski definition) is 1. The van der Waals surface area contributed by atoms with Crippen molar-refractivity contribution in [1.29, 1.82) is 0 Å². The van der Waals surface area contributed by atoms with Crippen molar-refractivity contribution in [3.05, 3.63) is 54.6 Å². The molecule has 2 fully saturated rings. The van der Waals surface area contributed by atoms with E-state index in [0.717, 1.165) is 0 Å². The third-order valence-corrected chi connectivity index (χ3v) is 6.43. The van der Waals surface area contributed by atoms with Crippen molar-refractivity contribution in [3.63, 3.8) is 0 Å². The van der Waals surface area contributed by atoms with Crippen LogP contribution in [0.2, 0.25) is 0 Å². The number of carbonyl (C=O) groups excluding carboxylic acids is 2. The van der Waals surface area contributed by atoms with Crippen LogP contribution < -0.4 is 24.4 Å². The van der Waals surface area contributed by atoms with E-state index in [4.69, 9.17) is 18.9 Å². The zero-order chi connectivity index (χ0) is 21.2. The van der Waals surface area contributed by atoms with E-state index in [2.05, 4.69) is 5.32 Å². The molecular formula is C23H20N2O6. The van der Waals surface area contributed by atoms with Gasteiger partial charge in [0.05, 0.1) is 31.6 Å². The van der Waals surface area contributed by atoms with Gasteiger partial charge in [0.1, 0.15) is 11.4 Å². The molecule has 0 radical (unpaired) electrons. The lowest BCUT2D eigenvalue weighted by Crippen LogP contribution is -2.41. The monoisotopic (exact) mass is 420 g/mol. The Bertz CT molecular complexity index is 1110. The largest absolute Gasteiger partial charge is 0.497 e. The molecule has 4 aliphatic heterocycles. The van der Waals surface area contributed by atoms with Gasteiger partial charge in [0.15, 0.2) is 11.5 Å². The van der Waals surface area contributed by atoms with Crippen LogP contribution in [-0.2, 0) is 14.3 Å². The second-order valence-electron chi connectivity index (χ2n) is 8.08. The van der Waals surface area contributed by atoms with Gasteiger partial charge in [-0.1, -0.05) is 12.2 Å². The Kier molecular flexibility index (Phi) is 3.82. The Labute approximate surface area is 178 Å². The predicted octanol–water partition coefficient (Wildman–Crippen LogP) is 2.35. The van der Waals surface area contributed by atoms with Gasteiger partial charge in [-0.2, -0.15) is 0 Å². The van der Waals surface area contributed by atoms with E-state index in [1.807, 2.05) is 18.2 Å². The van der Waals surface area contributed by atoms with E-state index in [1.54, 1.807) is 48.4 Å². The summed E-state index contributed by atoms with van der Waals surface area (Å²) in [6.07, 6.45) is 3.42. The number of nitrogens with zero attached hydrogens (tertiary/aromatic N) is 1. The van der Waals surface area contributed by atoms with Crippen molar-refractivity contribution in [2.45, 2.75) is 11.7 Å². The molecule has 4 aliphatic rings. The lowest BCUT2D eigenvalue weighted by molar-refractivity contribution is -0.128. The number of fused-ring (bicyclic) bond motifs is 2. The predicted molar refractivity (Wildman–Crippen MR) is 110 cm³/mol. The fraction of sp³-hybridized carbons (Fsp3) is 0.304. The van der Waals surface area contributed by atoms with E-state index in [-0.39, 0.29) is 18.6 Å². The van der Waals surface area contributed by atoms with Gasteiger partial charge in [-0.05, 0) is 36.4 Å². The number of methoxy groups -OCH3 is 1. The average molecular weight is 420 g/mol.